The molecule has 4 rings (SSSR count). The summed E-state index contributed by atoms with van der Waals surface area (Å²) in [6, 6.07) is 4.37. The number of ether oxygens (including phenoxy) is 1. The summed E-state index contributed by atoms with van der Waals surface area (Å²) in [6.45, 7) is 6.86. The highest BCUT2D eigenvalue weighted by atomic mass is 16.6. The van der Waals surface area contributed by atoms with Gasteiger partial charge in [-0.25, -0.2) is 0 Å². The van der Waals surface area contributed by atoms with Crippen LogP contribution in [0, 0.1) is 0 Å². The van der Waals surface area contributed by atoms with E-state index in [4.69, 9.17) is 14.0 Å². The molecular formula is C16H21BO3. The molecule has 1 aromatic rings. The zero-order chi connectivity index (χ0) is 13.9. The third-order valence-electron chi connectivity index (χ3n) is 4.52. The lowest BCUT2D eigenvalue weighted by Gasteiger charge is -2.25. The first-order chi connectivity index (χ1) is 9.59. The maximum absolute atomic E-state index is 6.19. The molecule has 1 saturated carbocycles. The Bertz CT molecular complexity index is 551. The Morgan fingerprint density at radius 3 is 2.80 bits per heavy atom. The van der Waals surface area contributed by atoms with Gasteiger partial charge in [0.25, 0.3) is 0 Å². The molecule has 106 valence electrons. The first kappa shape index (κ1) is 12.7. The standard InChI is InChI=1S/C16H21BO3/c1-4-12-14-11(10-5-6-10)7-8-13-15(14)17(19-12)20-16(2,3)9-18-13/h7-8,10,12H,4-6,9H2,1-3H3/t12-/m1/s1. The predicted molar refractivity (Wildman–Crippen MR) is 78.6 cm³/mol. The predicted octanol–water partition coefficient (Wildman–Crippen LogP) is 2.93. The van der Waals surface area contributed by atoms with Crippen molar-refractivity contribution in [2.24, 2.45) is 0 Å². The van der Waals surface area contributed by atoms with E-state index < -0.39 is 0 Å². The molecule has 4 heteroatoms. The van der Waals surface area contributed by atoms with Gasteiger partial charge in [0.15, 0.2) is 0 Å². The van der Waals surface area contributed by atoms with Crippen LogP contribution < -0.4 is 10.2 Å². The molecule has 2 heterocycles. The highest BCUT2D eigenvalue weighted by Gasteiger charge is 2.47. The minimum absolute atomic E-state index is 0.156. The smallest absolute Gasteiger partial charge is 0.491 e. The van der Waals surface area contributed by atoms with E-state index >= 15 is 0 Å². The van der Waals surface area contributed by atoms with E-state index in [1.54, 1.807) is 0 Å². The zero-order valence-electron chi connectivity index (χ0n) is 12.4. The van der Waals surface area contributed by atoms with E-state index in [-0.39, 0.29) is 18.8 Å². The van der Waals surface area contributed by atoms with Crippen molar-refractivity contribution >= 4 is 12.6 Å². The van der Waals surface area contributed by atoms with Crippen LogP contribution in [0.2, 0.25) is 0 Å². The van der Waals surface area contributed by atoms with E-state index in [1.165, 1.54) is 24.0 Å². The number of rotatable bonds is 2. The van der Waals surface area contributed by atoms with Crippen molar-refractivity contribution in [2.75, 3.05) is 6.61 Å². The molecule has 1 aromatic carbocycles. The van der Waals surface area contributed by atoms with Crippen molar-refractivity contribution in [2.45, 2.75) is 57.7 Å². The van der Waals surface area contributed by atoms with Crippen molar-refractivity contribution in [3.05, 3.63) is 23.3 Å². The van der Waals surface area contributed by atoms with Crippen LogP contribution in [0.1, 0.15) is 63.2 Å². The van der Waals surface area contributed by atoms with Crippen molar-refractivity contribution < 1.29 is 14.0 Å². The van der Waals surface area contributed by atoms with Gasteiger partial charge < -0.3 is 14.0 Å². The van der Waals surface area contributed by atoms with Gasteiger partial charge in [-0.15, -0.1) is 0 Å². The second-order valence-corrected chi connectivity index (χ2v) is 6.79. The quantitative estimate of drug-likeness (QED) is 0.775. The zero-order valence-corrected chi connectivity index (χ0v) is 12.4. The fourth-order valence-corrected chi connectivity index (χ4v) is 3.36. The number of hydrogen-bond donors (Lipinski definition) is 0. The summed E-state index contributed by atoms with van der Waals surface area (Å²) in [6.07, 6.45) is 3.75. The highest BCUT2D eigenvalue weighted by molar-refractivity contribution is 6.64. The lowest BCUT2D eigenvalue weighted by molar-refractivity contribution is 0.0267. The van der Waals surface area contributed by atoms with Crippen LogP contribution in [-0.4, -0.2) is 19.3 Å². The van der Waals surface area contributed by atoms with E-state index in [2.05, 4.69) is 32.9 Å². The molecule has 0 aromatic heterocycles. The van der Waals surface area contributed by atoms with Gasteiger partial charge in [-0.05, 0) is 56.2 Å². The lowest BCUT2D eigenvalue weighted by atomic mass is 9.75. The second kappa shape index (κ2) is 4.25. The van der Waals surface area contributed by atoms with Gasteiger partial charge in [0.1, 0.15) is 12.4 Å². The van der Waals surface area contributed by atoms with Gasteiger partial charge in [-0.1, -0.05) is 13.0 Å². The molecular weight excluding hydrogens is 251 g/mol. The molecule has 0 N–H and O–H groups in total. The fraction of sp³-hybridized carbons (Fsp3) is 0.625. The summed E-state index contributed by atoms with van der Waals surface area (Å²) in [5, 5.41) is 0. The number of benzene rings is 1. The van der Waals surface area contributed by atoms with E-state index in [9.17, 15) is 0 Å². The maximum atomic E-state index is 6.19. The van der Waals surface area contributed by atoms with E-state index in [0.717, 1.165) is 23.6 Å². The van der Waals surface area contributed by atoms with Gasteiger partial charge in [0.05, 0.1) is 11.7 Å². The molecule has 0 unspecified atom stereocenters. The van der Waals surface area contributed by atoms with E-state index in [0.29, 0.717) is 6.61 Å². The Hall–Kier alpha value is -0.995. The average molecular weight is 272 g/mol. The summed E-state index contributed by atoms with van der Waals surface area (Å²) >= 11 is 0. The molecule has 1 fully saturated rings. The van der Waals surface area contributed by atoms with Crippen LogP contribution in [0.4, 0.5) is 0 Å². The van der Waals surface area contributed by atoms with Crippen LogP contribution in [0.3, 0.4) is 0 Å². The van der Waals surface area contributed by atoms with E-state index in [1.807, 2.05) is 0 Å². The van der Waals surface area contributed by atoms with Gasteiger partial charge in [0, 0.05) is 5.46 Å². The van der Waals surface area contributed by atoms with Gasteiger partial charge in [0.2, 0.25) is 0 Å². The Labute approximate surface area is 120 Å². The van der Waals surface area contributed by atoms with Crippen LogP contribution in [0.15, 0.2) is 12.1 Å². The normalized spacial score (nSPS) is 26.9. The minimum atomic E-state index is -0.316. The van der Waals surface area contributed by atoms with Crippen molar-refractivity contribution in [1.82, 2.24) is 0 Å². The lowest BCUT2D eigenvalue weighted by Crippen LogP contribution is -2.40. The summed E-state index contributed by atoms with van der Waals surface area (Å²) in [5.41, 5.74) is 3.66. The monoisotopic (exact) mass is 272 g/mol. The number of hydrogen-bond acceptors (Lipinski definition) is 3. The molecule has 2 aliphatic heterocycles. The summed E-state index contributed by atoms with van der Waals surface area (Å²) in [7, 11) is -0.263. The average Bonchev–Trinajstić information content (AvgIpc) is 3.20. The first-order valence-corrected chi connectivity index (χ1v) is 7.72. The molecule has 3 nitrogen and oxygen atoms in total. The van der Waals surface area contributed by atoms with Gasteiger partial charge in [-0.3, -0.25) is 0 Å². The molecule has 0 saturated heterocycles. The SMILES string of the molecule is CC[C@H]1OB2OC(C)(C)COc3ccc(C4CC4)c1c32. The van der Waals surface area contributed by atoms with Crippen LogP contribution in [0.25, 0.3) is 0 Å². The Morgan fingerprint density at radius 2 is 2.10 bits per heavy atom. The van der Waals surface area contributed by atoms with Crippen LogP contribution >= 0.6 is 0 Å². The summed E-state index contributed by atoms with van der Waals surface area (Å²) < 4.78 is 18.4. The molecule has 0 radical (unpaired) electrons. The Kier molecular flexibility index (Phi) is 2.70. The molecule has 1 aliphatic carbocycles. The fourth-order valence-electron chi connectivity index (χ4n) is 3.36. The van der Waals surface area contributed by atoms with Crippen molar-refractivity contribution in [1.29, 1.82) is 0 Å². The maximum Gasteiger partial charge on any atom is 0.499 e. The van der Waals surface area contributed by atoms with Crippen LogP contribution in [-0.2, 0) is 9.31 Å². The largest absolute Gasteiger partial charge is 0.499 e. The molecule has 0 amide bonds. The molecule has 20 heavy (non-hydrogen) atoms. The molecule has 3 aliphatic rings. The summed E-state index contributed by atoms with van der Waals surface area (Å²) in [5.74, 6) is 1.68. The minimum Gasteiger partial charge on any atom is -0.491 e. The van der Waals surface area contributed by atoms with Gasteiger partial charge in [-0.2, -0.15) is 0 Å². The van der Waals surface area contributed by atoms with Gasteiger partial charge >= 0.3 is 7.12 Å². The molecule has 0 spiro atoms. The van der Waals surface area contributed by atoms with Crippen molar-refractivity contribution in [3.8, 4) is 5.75 Å². The topological polar surface area (TPSA) is 27.7 Å². The second-order valence-electron chi connectivity index (χ2n) is 6.79. The summed E-state index contributed by atoms with van der Waals surface area (Å²) in [4.78, 5) is 0. The van der Waals surface area contributed by atoms with Crippen LogP contribution in [0.5, 0.6) is 5.75 Å². The third-order valence-corrected chi connectivity index (χ3v) is 4.52. The Morgan fingerprint density at radius 1 is 1.30 bits per heavy atom. The molecule has 1 atom stereocenters. The Balaban J connectivity index is 1.86. The molecule has 0 bridgehead atoms. The highest BCUT2D eigenvalue weighted by Crippen LogP contribution is 2.46. The third kappa shape index (κ3) is 1.89. The van der Waals surface area contributed by atoms with Crippen molar-refractivity contribution in [3.63, 3.8) is 0 Å². The first-order valence-electron chi connectivity index (χ1n) is 7.72.